The fourth-order valence-corrected chi connectivity index (χ4v) is 3.23. The average molecular weight is 328 g/mol. The van der Waals surface area contributed by atoms with Crippen molar-refractivity contribution in [2.45, 2.75) is 44.7 Å². The van der Waals surface area contributed by atoms with E-state index in [1.165, 1.54) is 0 Å². The molecule has 0 spiro atoms. The van der Waals surface area contributed by atoms with Crippen molar-refractivity contribution in [1.29, 1.82) is 0 Å². The summed E-state index contributed by atoms with van der Waals surface area (Å²) in [5.41, 5.74) is 1.78. The van der Waals surface area contributed by atoms with Crippen LogP contribution in [-0.4, -0.2) is 29.0 Å². The van der Waals surface area contributed by atoms with Gasteiger partial charge in [0.1, 0.15) is 5.75 Å². The fourth-order valence-electron chi connectivity index (χ4n) is 3.23. The quantitative estimate of drug-likeness (QED) is 0.902. The molecule has 24 heavy (non-hydrogen) atoms. The predicted octanol–water partition coefficient (Wildman–Crippen LogP) is 3.51. The molecule has 2 amide bonds. The van der Waals surface area contributed by atoms with Gasteiger partial charge >= 0.3 is 6.03 Å². The maximum atomic E-state index is 12.2. The summed E-state index contributed by atoms with van der Waals surface area (Å²) in [6.07, 6.45) is 7.84. The number of aryl methyl sites for hydroxylation is 1. The van der Waals surface area contributed by atoms with Crippen molar-refractivity contribution in [3.8, 4) is 5.75 Å². The van der Waals surface area contributed by atoms with Crippen LogP contribution in [0.5, 0.6) is 5.75 Å². The largest absolute Gasteiger partial charge is 0.497 e. The SMILES string of the molecule is COc1ccc(NC(=O)NC2CCC(n3cccn3)CC2)c(C)c1. The molecule has 0 atom stereocenters. The summed E-state index contributed by atoms with van der Waals surface area (Å²) < 4.78 is 7.21. The number of rotatable bonds is 4. The molecule has 1 saturated carbocycles. The van der Waals surface area contributed by atoms with E-state index < -0.39 is 0 Å². The predicted molar refractivity (Wildman–Crippen MR) is 93.4 cm³/mol. The molecule has 2 aromatic rings. The van der Waals surface area contributed by atoms with E-state index in [2.05, 4.69) is 15.7 Å². The molecule has 6 heteroatoms. The Morgan fingerprint density at radius 1 is 1.29 bits per heavy atom. The number of nitrogens with one attached hydrogen (secondary N) is 2. The van der Waals surface area contributed by atoms with Gasteiger partial charge in [-0.3, -0.25) is 4.68 Å². The first kappa shape index (κ1) is 16.4. The molecule has 1 heterocycles. The summed E-state index contributed by atoms with van der Waals surface area (Å²) in [5, 5.41) is 10.3. The zero-order chi connectivity index (χ0) is 16.9. The molecule has 1 aromatic heterocycles. The van der Waals surface area contributed by atoms with Crippen molar-refractivity contribution in [2.24, 2.45) is 0 Å². The van der Waals surface area contributed by atoms with Crippen molar-refractivity contribution in [1.82, 2.24) is 15.1 Å². The minimum atomic E-state index is -0.147. The summed E-state index contributed by atoms with van der Waals surface area (Å²) in [4.78, 5) is 12.2. The molecular formula is C18H24N4O2. The maximum absolute atomic E-state index is 12.2. The second-order valence-electron chi connectivity index (χ2n) is 6.27. The van der Waals surface area contributed by atoms with Crippen LogP contribution in [0, 0.1) is 6.92 Å². The van der Waals surface area contributed by atoms with Gasteiger partial charge in [-0.15, -0.1) is 0 Å². The molecule has 0 radical (unpaired) electrons. The van der Waals surface area contributed by atoms with Gasteiger partial charge in [0.05, 0.1) is 13.2 Å². The number of carbonyl (C=O) groups is 1. The van der Waals surface area contributed by atoms with Crippen molar-refractivity contribution < 1.29 is 9.53 Å². The molecule has 0 saturated heterocycles. The van der Waals surface area contributed by atoms with E-state index in [0.29, 0.717) is 6.04 Å². The number of hydrogen-bond acceptors (Lipinski definition) is 3. The van der Waals surface area contributed by atoms with E-state index in [9.17, 15) is 4.79 Å². The lowest BCUT2D eigenvalue weighted by molar-refractivity contribution is 0.236. The van der Waals surface area contributed by atoms with Crippen LogP contribution in [0.1, 0.15) is 37.3 Å². The van der Waals surface area contributed by atoms with Gasteiger partial charge in [-0.1, -0.05) is 0 Å². The Labute approximate surface area is 142 Å². The summed E-state index contributed by atoms with van der Waals surface area (Å²) in [6, 6.07) is 8.09. The van der Waals surface area contributed by atoms with Gasteiger partial charge < -0.3 is 15.4 Å². The topological polar surface area (TPSA) is 68.2 Å². The summed E-state index contributed by atoms with van der Waals surface area (Å²) >= 11 is 0. The average Bonchev–Trinajstić information content (AvgIpc) is 3.12. The molecule has 128 valence electrons. The van der Waals surface area contributed by atoms with Crippen LogP contribution in [0.2, 0.25) is 0 Å². The molecule has 1 aliphatic rings. The lowest BCUT2D eigenvalue weighted by Gasteiger charge is -2.29. The van der Waals surface area contributed by atoms with Gasteiger partial charge in [0.25, 0.3) is 0 Å². The highest BCUT2D eigenvalue weighted by atomic mass is 16.5. The highest BCUT2D eigenvalue weighted by Gasteiger charge is 2.23. The third-order valence-electron chi connectivity index (χ3n) is 4.61. The van der Waals surface area contributed by atoms with E-state index in [4.69, 9.17) is 4.74 Å². The van der Waals surface area contributed by atoms with Crippen molar-refractivity contribution in [3.05, 3.63) is 42.2 Å². The molecule has 0 unspecified atom stereocenters. The minimum Gasteiger partial charge on any atom is -0.497 e. The number of aromatic nitrogens is 2. The fraction of sp³-hybridized carbons (Fsp3) is 0.444. The summed E-state index contributed by atoms with van der Waals surface area (Å²) in [6.45, 7) is 1.95. The number of methoxy groups -OCH3 is 1. The molecule has 1 aromatic carbocycles. The second-order valence-corrected chi connectivity index (χ2v) is 6.27. The monoisotopic (exact) mass is 328 g/mol. The van der Waals surface area contributed by atoms with Crippen molar-refractivity contribution >= 4 is 11.7 Å². The van der Waals surface area contributed by atoms with Crippen LogP contribution in [0.4, 0.5) is 10.5 Å². The van der Waals surface area contributed by atoms with Gasteiger partial charge in [0.2, 0.25) is 0 Å². The highest BCUT2D eigenvalue weighted by molar-refractivity contribution is 5.90. The van der Waals surface area contributed by atoms with Gasteiger partial charge in [-0.25, -0.2) is 4.79 Å². The van der Waals surface area contributed by atoms with E-state index in [-0.39, 0.29) is 12.1 Å². The van der Waals surface area contributed by atoms with E-state index in [1.54, 1.807) is 7.11 Å². The van der Waals surface area contributed by atoms with E-state index in [0.717, 1.165) is 42.7 Å². The van der Waals surface area contributed by atoms with Crippen LogP contribution in [0.15, 0.2) is 36.7 Å². The molecule has 3 rings (SSSR count). The Balaban J connectivity index is 1.49. The molecule has 1 fully saturated rings. The lowest BCUT2D eigenvalue weighted by Crippen LogP contribution is -2.40. The number of ether oxygens (including phenoxy) is 1. The molecule has 6 nitrogen and oxygen atoms in total. The first-order valence-corrected chi connectivity index (χ1v) is 8.37. The third kappa shape index (κ3) is 3.88. The van der Waals surface area contributed by atoms with Gasteiger partial charge in [0.15, 0.2) is 0 Å². The Morgan fingerprint density at radius 2 is 2.08 bits per heavy atom. The normalized spacial score (nSPS) is 20.4. The molecule has 1 aliphatic carbocycles. The van der Waals surface area contributed by atoms with Gasteiger partial charge in [0, 0.05) is 24.1 Å². The van der Waals surface area contributed by atoms with Crippen molar-refractivity contribution in [2.75, 3.05) is 12.4 Å². The Bertz CT molecular complexity index is 676. The first-order valence-electron chi connectivity index (χ1n) is 8.37. The summed E-state index contributed by atoms with van der Waals surface area (Å²) in [7, 11) is 1.63. The zero-order valence-corrected chi connectivity index (χ0v) is 14.2. The third-order valence-corrected chi connectivity index (χ3v) is 4.61. The number of amides is 2. The maximum Gasteiger partial charge on any atom is 0.319 e. The highest BCUT2D eigenvalue weighted by Crippen LogP contribution is 2.28. The Morgan fingerprint density at radius 3 is 2.71 bits per heavy atom. The number of nitrogens with zero attached hydrogens (tertiary/aromatic N) is 2. The minimum absolute atomic E-state index is 0.147. The molecular weight excluding hydrogens is 304 g/mol. The van der Waals surface area contributed by atoms with Crippen LogP contribution in [0.25, 0.3) is 0 Å². The zero-order valence-electron chi connectivity index (χ0n) is 14.2. The standard InChI is InChI=1S/C18H24N4O2/c1-13-12-16(24-2)8-9-17(13)21-18(23)20-14-4-6-15(7-5-14)22-11-3-10-19-22/h3,8-12,14-15H,4-7H2,1-2H3,(H2,20,21,23). The van der Waals surface area contributed by atoms with Crippen LogP contribution >= 0.6 is 0 Å². The van der Waals surface area contributed by atoms with Gasteiger partial charge in [-0.05, 0) is 62.4 Å². The smallest absolute Gasteiger partial charge is 0.319 e. The number of carbonyl (C=O) groups excluding carboxylic acids is 1. The number of anilines is 1. The molecule has 0 bridgehead atoms. The summed E-state index contributed by atoms with van der Waals surface area (Å²) in [5.74, 6) is 0.787. The molecule has 2 N–H and O–H groups in total. The van der Waals surface area contributed by atoms with Crippen LogP contribution in [-0.2, 0) is 0 Å². The van der Waals surface area contributed by atoms with E-state index >= 15 is 0 Å². The number of benzene rings is 1. The lowest BCUT2D eigenvalue weighted by atomic mass is 9.91. The molecule has 0 aliphatic heterocycles. The Kier molecular flexibility index (Phi) is 5.03. The van der Waals surface area contributed by atoms with Crippen LogP contribution < -0.4 is 15.4 Å². The van der Waals surface area contributed by atoms with E-state index in [1.807, 2.05) is 48.3 Å². The van der Waals surface area contributed by atoms with Crippen LogP contribution in [0.3, 0.4) is 0 Å². The van der Waals surface area contributed by atoms with Gasteiger partial charge in [-0.2, -0.15) is 5.10 Å². The number of urea groups is 1. The number of hydrogen-bond donors (Lipinski definition) is 2. The Hall–Kier alpha value is -2.50. The first-order chi connectivity index (χ1) is 11.7. The van der Waals surface area contributed by atoms with Crippen molar-refractivity contribution in [3.63, 3.8) is 0 Å². The second kappa shape index (κ2) is 7.38.